The normalized spacial score (nSPS) is 18.1. The Morgan fingerprint density at radius 1 is 1.21 bits per heavy atom. The van der Waals surface area contributed by atoms with Gasteiger partial charge in [-0.2, -0.15) is 0 Å². The fourth-order valence-electron chi connectivity index (χ4n) is 2.84. The van der Waals surface area contributed by atoms with Crippen molar-refractivity contribution in [2.24, 2.45) is 10.9 Å². The van der Waals surface area contributed by atoms with E-state index in [0.29, 0.717) is 6.42 Å². The lowest BCUT2D eigenvalue weighted by Crippen LogP contribution is -2.37. The van der Waals surface area contributed by atoms with E-state index in [-0.39, 0.29) is 29.9 Å². The first kappa shape index (κ1) is 19.0. The Balaban J connectivity index is 0.00000208. The van der Waals surface area contributed by atoms with Crippen LogP contribution in [-0.2, 0) is 11.3 Å². The van der Waals surface area contributed by atoms with Crippen molar-refractivity contribution in [3.63, 3.8) is 0 Å². The summed E-state index contributed by atoms with van der Waals surface area (Å²) in [5, 5.41) is 6.69. The minimum Gasteiger partial charge on any atom is -0.356 e. The number of nitrogens with zero attached hydrogens (tertiary/aromatic N) is 2. The molecule has 1 aliphatic carbocycles. The van der Waals surface area contributed by atoms with Gasteiger partial charge in [-0.25, -0.2) is 0 Å². The summed E-state index contributed by atoms with van der Waals surface area (Å²) in [6.07, 6.45) is 5.45. The summed E-state index contributed by atoms with van der Waals surface area (Å²) < 4.78 is 0. The minimum absolute atomic E-state index is 0. The van der Waals surface area contributed by atoms with Gasteiger partial charge in [0, 0.05) is 38.8 Å². The van der Waals surface area contributed by atoms with E-state index in [0.717, 1.165) is 50.0 Å². The number of amides is 1. The molecule has 2 fully saturated rings. The van der Waals surface area contributed by atoms with E-state index in [9.17, 15) is 4.79 Å². The molecule has 5 nitrogen and oxygen atoms in total. The maximum Gasteiger partial charge on any atom is 0.226 e. The number of aliphatic imine (C=N–C) groups is 1. The minimum atomic E-state index is 0. The van der Waals surface area contributed by atoms with Crippen LogP contribution in [0.4, 0.5) is 5.69 Å². The molecule has 0 atom stereocenters. The number of halogens is 1. The summed E-state index contributed by atoms with van der Waals surface area (Å²) in [5.41, 5.74) is 2.20. The quantitative estimate of drug-likeness (QED) is 0.419. The smallest absolute Gasteiger partial charge is 0.226 e. The molecule has 2 N–H and O–H groups in total. The third kappa shape index (κ3) is 5.36. The lowest BCUT2D eigenvalue weighted by Gasteiger charge is -2.26. The standard InChI is InChI=1S/C18H26N4O.HI/c1-19-18(20-12-14-5-6-14)21-13-15-7-9-16(10-8-15)22-11-3-2-4-17(22)23;/h7-10,14H,2-6,11-13H2,1H3,(H2,19,20,21);1H. The maximum atomic E-state index is 12.0. The van der Waals surface area contributed by atoms with Crippen LogP contribution in [0.15, 0.2) is 29.3 Å². The van der Waals surface area contributed by atoms with E-state index in [1.165, 1.54) is 18.4 Å². The lowest BCUT2D eigenvalue weighted by molar-refractivity contribution is -0.119. The Hall–Kier alpha value is -1.31. The topological polar surface area (TPSA) is 56.7 Å². The number of anilines is 1. The molecule has 3 rings (SSSR count). The molecule has 0 bridgehead atoms. The highest BCUT2D eigenvalue weighted by molar-refractivity contribution is 14.0. The summed E-state index contributed by atoms with van der Waals surface area (Å²) in [6.45, 7) is 2.59. The highest BCUT2D eigenvalue weighted by Gasteiger charge is 2.21. The van der Waals surface area contributed by atoms with Gasteiger partial charge >= 0.3 is 0 Å². The molecule has 6 heteroatoms. The van der Waals surface area contributed by atoms with Crippen molar-refractivity contribution in [1.82, 2.24) is 10.6 Å². The zero-order valence-electron chi connectivity index (χ0n) is 14.3. The van der Waals surface area contributed by atoms with Crippen LogP contribution in [0.25, 0.3) is 0 Å². The molecule has 0 aromatic heterocycles. The Bertz CT molecular complexity index is 569. The first-order valence-corrected chi connectivity index (χ1v) is 8.60. The molecule has 0 spiro atoms. The lowest BCUT2D eigenvalue weighted by atomic mass is 10.1. The van der Waals surface area contributed by atoms with Crippen LogP contribution in [-0.4, -0.2) is 32.0 Å². The number of hydrogen-bond acceptors (Lipinski definition) is 2. The summed E-state index contributed by atoms with van der Waals surface area (Å²) in [5.74, 6) is 1.92. The highest BCUT2D eigenvalue weighted by atomic mass is 127. The number of rotatable bonds is 5. The van der Waals surface area contributed by atoms with Crippen LogP contribution in [0.5, 0.6) is 0 Å². The average molecular weight is 442 g/mol. The van der Waals surface area contributed by atoms with Gasteiger partial charge < -0.3 is 15.5 Å². The van der Waals surface area contributed by atoms with Gasteiger partial charge in [-0.15, -0.1) is 24.0 Å². The molecule has 1 aliphatic heterocycles. The van der Waals surface area contributed by atoms with Crippen LogP contribution < -0.4 is 15.5 Å². The van der Waals surface area contributed by atoms with E-state index in [2.05, 4.69) is 27.8 Å². The highest BCUT2D eigenvalue weighted by Crippen LogP contribution is 2.27. The van der Waals surface area contributed by atoms with Gasteiger partial charge in [0.25, 0.3) is 0 Å². The summed E-state index contributed by atoms with van der Waals surface area (Å²) >= 11 is 0. The molecular weight excluding hydrogens is 415 g/mol. The van der Waals surface area contributed by atoms with Crippen molar-refractivity contribution in [2.75, 3.05) is 25.0 Å². The first-order chi connectivity index (χ1) is 11.3. The van der Waals surface area contributed by atoms with Crippen molar-refractivity contribution in [2.45, 2.75) is 38.6 Å². The molecule has 1 saturated carbocycles. The maximum absolute atomic E-state index is 12.0. The van der Waals surface area contributed by atoms with Crippen LogP contribution in [0.2, 0.25) is 0 Å². The Morgan fingerprint density at radius 2 is 1.96 bits per heavy atom. The van der Waals surface area contributed by atoms with Crippen LogP contribution in [0.3, 0.4) is 0 Å². The van der Waals surface area contributed by atoms with E-state index >= 15 is 0 Å². The third-order valence-corrected chi connectivity index (χ3v) is 4.51. The molecular formula is C18H27IN4O. The fourth-order valence-corrected chi connectivity index (χ4v) is 2.84. The van der Waals surface area contributed by atoms with E-state index in [1.54, 1.807) is 7.05 Å². The van der Waals surface area contributed by atoms with Crippen LogP contribution >= 0.6 is 24.0 Å². The van der Waals surface area contributed by atoms with Crippen molar-refractivity contribution in [3.8, 4) is 0 Å². The number of carbonyl (C=O) groups is 1. The molecule has 2 aliphatic rings. The van der Waals surface area contributed by atoms with Gasteiger partial charge in [0.15, 0.2) is 5.96 Å². The summed E-state index contributed by atoms with van der Waals surface area (Å²) in [7, 11) is 1.80. The predicted molar refractivity (Wildman–Crippen MR) is 109 cm³/mol. The number of carbonyl (C=O) groups excluding carboxylic acids is 1. The molecule has 132 valence electrons. The second-order valence-corrected chi connectivity index (χ2v) is 6.42. The van der Waals surface area contributed by atoms with Crippen molar-refractivity contribution < 1.29 is 4.79 Å². The number of guanidine groups is 1. The molecule has 0 radical (unpaired) electrons. The van der Waals surface area contributed by atoms with Gasteiger partial charge in [0.2, 0.25) is 5.91 Å². The van der Waals surface area contributed by atoms with Crippen molar-refractivity contribution in [1.29, 1.82) is 0 Å². The van der Waals surface area contributed by atoms with Crippen LogP contribution in [0.1, 0.15) is 37.7 Å². The summed E-state index contributed by atoms with van der Waals surface area (Å²) in [4.78, 5) is 18.1. The largest absolute Gasteiger partial charge is 0.356 e. The zero-order chi connectivity index (χ0) is 16.1. The second-order valence-electron chi connectivity index (χ2n) is 6.42. The molecule has 0 unspecified atom stereocenters. The monoisotopic (exact) mass is 442 g/mol. The van der Waals surface area contributed by atoms with Gasteiger partial charge in [0.05, 0.1) is 0 Å². The van der Waals surface area contributed by atoms with E-state index in [4.69, 9.17) is 0 Å². The number of hydrogen-bond donors (Lipinski definition) is 2. The first-order valence-electron chi connectivity index (χ1n) is 8.60. The Kier molecular flexibility index (Phi) is 7.33. The predicted octanol–water partition coefficient (Wildman–Crippen LogP) is 2.90. The average Bonchev–Trinajstić information content (AvgIpc) is 3.40. The fraction of sp³-hybridized carbons (Fsp3) is 0.556. The molecule has 24 heavy (non-hydrogen) atoms. The Labute approximate surface area is 161 Å². The Morgan fingerprint density at radius 3 is 2.58 bits per heavy atom. The number of benzene rings is 1. The molecule has 1 amide bonds. The molecule has 1 aromatic carbocycles. The SMILES string of the molecule is CN=C(NCc1ccc(N2CCCCC2=O)cc1)NCC1CC1.I. The molecule has 1 heterocycles. The van der Waals surface area contributed by atoms with E-state index < -0.39 is 0 Å². The van der Waals surface area contributed by atoms with Crippen LogP contribution in [0, 0.1) is 5.92 Å². The third-order valence-electron chi connectivity index (χ3n) is 4.51. The van der Waals surface area contributed by atoms with Gasteiger partial charge in [-0.1, -0.05) is 12.1 Å². The van der Waals surface area contributed by atoms with Crippen molar-refractivity contribution >= 4 is 41.5 Å². The molecule has 1 saturated heterocycles. The number of piperidine rings is 1. The van der Waals surface area contributed by atoms with Gasteiger partial charge in [-0.05, 0) is 49.3 Å². The number of nitrogens with one attached hydrogen (secondary N) is 2. The second kappa shape index (κ2) is 9.25. The summed E-state index contributed by atoms with van der Waals surface area (Å²) in [6, 6.07) is 8.25. The molecule has 1 aromatic rings. The van der Waals surface area contributed by atoms with Gasteiger partial charge in [0.1, 0.15) is 0 Å². The zero-order valence-corrected chi connectivity index (χ0v) is 16.6. The van der Waals surface area contributed by atoms with Crippen molar-refractivity contribution in [3.05, 3.63) is 29.8 Å². The van der Waals surface area contributed by atoms with Gasteiger partial charge in [-0.3, -0.25) is 9.79 Å². The van der Waals surface area contributed by atoms with E-state index in [1.807, 2.05) is 17.0 Å².